The van der Waals surface area contributed by atoms with Gasteiger partial charge in [-0.2, -0.15) is 0 Å². The van der Waals surface area contributed by atoms with Gasteiger partial charge in [-0.25, -0.2) is 4.79 Å². The summed E-state index contributed by atoms with van der Waals surface area (Å²) in [5.41, 5.74) is 0.326. The Labute approximate surface area is 160 Å². The molecule has 1 fully saturated rings. The quantitative estimate of drug-likeness (QED) is 0.531. The first kappa shape index (κ1) is 19.2. The fraction of sp³-hybridized carbons (Fsp3) is 0.263. The normalized spacial score (nSPS) is 13.8. The van der Waals surface area contributed by atoms with Gasteiger partial charge in [0.2, 0.25) is 0 Å². The predicted octanol–water partition coefficient (Wildman–Crippen LogP) is 3.24. The molecule has 3 N–H and O–H groups in total. The van der Waals surface area contributed by atoms with Crippen molar-refractivity contribution in [2.24, 2.45) is 0 Å². The summed E-state index contributed by atoms with van der Waals surface area (Å²) in [5, 5.41) is 32.6. The lowest BCUT2D eigenvalue weighted by Gasteiger charge is -2.28. The Balaban J connectivity index is 1.83. The third kappa shape index (κ3) is 4.03. The predicted molar refractivity (Wildman–Crippen MR) is 102 cm³/mol. The zero-order chi connectivity index (χ0) is 20.3. The number of benzene rings is 2. The van der Waals surface area contributed by atoms with E-state index in [0.29, 0.717) is 5.69 Å². The zero-order valence-corrected chi connectivity index (χ0v) is 14.9. The van der Waals surface area contributed by atoms with Crippen LogP contribution in [0.15, 0.2) is 36.4 Å². The molecule has 2 aromatic carbocycles. The van der Waals surface area contributed by atoms with Crippen molar-refractivity contribution >= 4 is 28.9 Å². The number of rotatable bonds is 5. The van der Waals surface area contributed by atoms with E-state index in [0.717, 1.165) is 44.5 Å². The van der Waals surface area contributed by atoms with Crippen LogP contribution in [0.5, 0.6) is 5.75 Å². The second kappa shape index (κ2) is 7.95. The van der Waals surface area contributed by atoms with Crippen molar-refractivity contribution in [3.05, 3.63) is 57.6 Å². The van der Waals surface area contributed by atoms with Crippen LogP contribution in [0, 0.1) is 10.1 Å². The van der Waals surface area contributed by atoms with Crippen LogP contribution < -0.4 is 10.2 Å². The first-order valence-electron chi connectivity index (χ1n) is 8.78. The third-order valence-electron chi connectivity index (χ3n) is 4.62. The molecule has 0 aliphatic carbocycles. The summed E-state index contributed by atoms with van der Waals surface area (Å²) in [6.07, 6.45) is 3.03. The van der Waals surface area contributed by atoms with E-state index in [4.69, 9.17) is 5.11 Å². The van der Waals surface area contributed by atoms with Crippen LogP contribution in [0.4, 0.5) is 17.1 Å². The summed E-state index contributed by atoms with van der Waals surface area (Å²) in [4.78, 5) is 36.3. The van der Waals surface area contributed by atoms with Crippen LogP contribution in [0.2, 0.25) is 0 Å². The molecular formula is C19H19N3O6. The number of nitro groups is 1. The second-order valence-corrected chi connectivity index (χ2v) is 6.50. The Morgan fingerprint density at radius 1 is 1.07 bits per heavy atom. The van der Waals surface area contributed by atoms with E-state index in [2.05, 4.69) is 5.32 Å². The largest absolute Gasteiger partial charge is 0.507 e. The fourth-order valence-corrected chi connectivity index (χ4v) is 3.21. The molecule has 2 aromatic rings. The Hall–Kier alpha value is -3.62. The first-order valence-corrected chi connectivity index (χ1v) is 8.78. The molecule has 1 aliphatic heterocycles. The third-order valence-corrected chi connectivity index (χ3v) is 4.62. The number of amides is 1. The maximum absolute atomic E-state index is 12.5. The molecule has 0 aromatic heterocycles. The van der Waals surface area contributed by atoms with Crippen LogP contribution in [-0.2, 0) is 0 Å². The highest BCUT2D eigenvalue weighted by Gasteiger charge is 2.23. The zero-order valence-electron chi connectivity index (χ0n) is 14.9. The van der Waals surface area contributed by atoms with Crippen LogP contribution in [0.1, 0.15) is 40.0 Å². The van der Waals surface area contributed by atoms with Gasteiger partial charge in [-0.3, -0.25) is 14.9 Å². The Kier molecular flexibility index (Phi) is 5.44. The summed E-state index contributed by atoms with van der Waals surface area (Å²) in [5.74, 6) is -2.38. The number of carboxylic acids is 1. The van der Waals surface area contributed by atoms with Crippen molar-refractivity contribution in [2.75, 3.05) is 23.3 Å². The van der Waals surface area contributed by atoms with Crippen LogP contribution in [0.3, 0.4) is 0 Å². The molecule has 0 radical (unpaired) electrons. The van der Waals surface area contributed by atoms with Crippen molar-refractivity contribution in [3.8, 4) is 5.75 Å². The maximum Gasteiger partial charge on any atom is 0.339 e. The van der Waals surface area contributed by atoms with Gasteiger partial charge in [0.15, 0.2) is 0 Å². The number of nitrogens with zero attached hydrogens (tertiary/aromatic N) is 2. The van der Waals surface area contributed by atoms with Gasteiger partial charge in [-0.1, -0.05) is 0 Å². The van der Waals surface area contributed by atoms with Crippen molar-refractivity contribution in [1.29, 1.82) is 0 Å². The minimum absolute atomic E-state index is 0.0919. The van der Waals surface area contributed by atoms with Crippen molar-refractivity contribution in [1.82, 2.24) is 0 Å². The Morgan fingerprint density at radius 2 is 1.79 bits per heavy atom. The maximum atomic E-state index is 12.5. The van der Waals surface area contributed by atoms with E-state index in [1.165, 1.54) is 18.2 Å². The lowest BCUT2D eigenvalue weighted by atomic mass is 10.1. The number of carboxylic acid groups (broad SMARTS) is 1. The van der Waals surface area contributed by atoms with E-state index in [-0.39, 0.29) is 22.5 Å². The van der Waals surface area contributed by atoms with Gasteiger partial charge in [-0.15, -0.1) is 0 Å². The van der Waals surface area contributed by atoms with E-state index < -0.39 is 22.5 Å². The molecule has 1 heterocycles. The molecule has 0 spiro atoms. The van der Waals surface area contributed by atoms with Gasteiger partial charge in [0, 0.05) is 36.5 Å². The standard InChI is InChI=1S/C19H19N3O6/c23-17-11-13(5-6-14(17)19(25)26)20-18(24)12-4-7-15(16(10-12)22(27)28)21-8-2-1-3-9-21/h4-7,10-11,23H,1-3,8-9H2,(H,20,24)(H,25,26). The highest BCUT2D eigenvalue weighted by molar-refractivity contribution is 6.05. The smallest absolute Gasteiger partial charge is 0.339 e. The van der Waals surface area contributed by atoms with Crippen molar-refractivity contribution in [3.63, 3.8) is 0 Å². The van der Waals surface area contributed by atoms with E-state index in [1.54, 1.807) is 6.07 Å². The number of aromatic hydroxyl groups is 1. The average Bonchev–Trinajstić information content (AvgIpc) is 2.68. The molecule has 0 atom stereocenters. The monoisotopic (exact) mass is 385 g/mol. The van der Waals surface area contributed by atoms with Crippen LogP contribution in [0.25, 0.3) is 0 Å². The molecule has 3 rings (SSSR count). The SMILES string of the molecule is O=C(Nc1ccc(C(=O)O)c(O)c1)c1ccc(N2CCCCC2)c([N+](=O)[O-])c1. The minimum atomic E-state index is -1.29. The number of hydrogen-bond acceptors (Lipinski definition) is 6. The molecule has 1 aliphatic rings. The second-order valence-electron chi connectivity index (χ2n) is 6.50. The molecule has 146 valence electrons. The molecule has 0 bridgehead atoms. The van der Waals surface area contributed by atoms with Gasteiger partial charge in [0.1, 0.15) is 17.0 Å². The number of carbonyl (C=O) groups is 2. The summed E-state index contributed by atoms with van der Waals surface area (Å²) < 4.78 is 0. The van der Waals surface area contributed by atoms with E-state index >= 15 is 0 Å². The van der Waals surface area contributed by atoms with Crippen molar-refractivity contribution < 1.29 is 24.7 Å². The fourth-order valence-electron chi connectivity index (χ4n) is 3.21. The number of nitro benzene ring substituents is 1. The number of phenols is 1. The van der Waals surface area contributed by atoms with Gasteiger partial charge in [0.25, 0.3) is 11.6 Å². The van der Waals surface area contributed by atoms with Gasteiger partial charge in [0.05, 0.1) is 4.92 Å². The van der Waals surface area contributed by atoms with Gasteiger partial charge >= 0.3 is 5.97 Å². The minimum Gasteiger partial charge on any atom is -0.507 e. The first-order chi connectivity index (χ1) is 13.4. The summed E-state index contributed by atoms with van der Waals surface area (Å²) in [7, 11) is 0. The molecule has 0 saturated carbocycles. The van der Waals surface area contributed by atoms with Crippen LogP contribution in [-0.4, -0.2) is 40.1 Å². The number of nitrogens with one attached hydrogen (secondary N) is 1. The van der Waals surface area contributed by atoms with Gasteiger partial charge < -0.3 is 20.4 Å². The topological polar surface area (TPSA) is 133 Å². The number of piperidine rings is 1. The number of hydrogen-bond donors (Lipinski definition) is 3. The number of aromatic carboxylic acids is 1. The summed E-state index contributed by atoms with van der Waals surface area (Å²) >= 11 is 0. The molecular weight excluding hydrogens is 366 g/mol. The average molecular weight is 385 g/mol. The van der Waals surface area contributed by atoms with E-state index in [9.17, 15) is 24.8 Å². The van der Waals surface area contributed by atoms with Crippen LogP contribution >= 0.6 is 0 Å². The molecule has 9 nitrogen and oxygen atoms in total. The number of anilines is 2. The molecule has 0 unspecified atom stereocenters. The molecule has 1 saturated heterocycles. The molecule has 1 amide bonds. The summed E-state index contributed by atoms with van der Waals surface area (Å²) in [6.45, 7) is 1.48. The molecule has 28 heavy (non-hydrogen) atoms. The lowest BCUT2D eigenvalue weighted by molar-refractivity contribution is -0.384. The van der Waals surface area contributed by atoms with Gasteiger partial charge in [-0.05, 0) is 43.5 Å². The van der Waals surface area contributed by atoms with Crippen molar-refractivity contribution in [2.45, 2.75) is 19.3 Å². The highest BCUT2D eigenvalue weighted by Crippen LogP contribution is 2.31. The number of carbonyl (C=O) groups excluding carboxylic acids is 1. The Morgan fingerprint density at radius 3 is 2.39 bits per heavy atom. The van der Waals surface area contributed by atoms with E-state index in [1.807, 2.05) is 4.90 Å². The highest BCUT2D eigenvalue weighted by atomic mass is 16.6. The molecule has 9 heteroatoms. The summed E-state index contributed by atoms with van der Waals surface area (Å²) in [6, 6.07) is 7.91. The Bertz CT molecular complexity index is 937. The lowest BCUT2D eigenvalue weighted by Crippen LogP contribution is -2.30.